The van der Waals surface area contributed by atoms with Crippen molar-refractivity contribution in [2.75, 3.05) is 142 Å². The topological polar surface area (TPSA) is 184 Å². The van der Waals surface area contributed by atoms with Gasteiger partial charge in [0.15, 0.2) is 0 Å². The Bertz CT molecular complexity index is 2560. The van der Waals surface area contributed by atoms with Crippen molar-refractivity contribution in [3.05, 3.63) is 0 Å². The van der Waals surface area contributed by atoms with E-state index in [2.05, 4.69) is 142 Å². The highest BCUT2D eigenvalue weighted by Gasteiger charge is 2.64. The molecule has 16 heteroatoms. The van der Waals surface area contributed by atoms with E-state index in [1.54, 1.807) is 0 Å². The number of carbonyl (C=O) groups excluding carboxylic acids is 3. The summed E-state index contributed by atoms with van der Waals surface area (Å²) in [6.07, 6.45) is 52.2. The number of carbonyl (C=O) groups is 3. The van der Waals surface area contributed by atoms with E-state index in [1.165, 1.54) is 193 Å². The number of fused-ring (bicyclic) bond motifs is 15. The fourth-order valence-electron chi connectivity index (χ4n) is 29.3. The van der Waals surface area contributed by atoms with Gasteiger partial charge in [-0.2, -0.15) is 0 Å². The number of hydrogen-bond donors (Lipinski definition) is 3. The van der Waals surface area contributed by atoms with Gasteiger partial charge in [-0.3, -0.25) is 14.4 Å². The minimum atomic E-state index is -3.37. The highest BCUT2D eigenvalue weighted by molar-refractivity contribution is 7.33. The summed E-state index contributed by atoms with van der Waals surface area (Å²) in [6.45, 7) is 33.3. The molecule has 0 aromatic heterocycles. The average molecular weight is 1590 g/mol. The van der Waals surface area contributed by atoms with Gasteiger partial charge in [0, 0.05) is 58.7 Å². The Morgan fingerprint density at radius 3 is 0.839 bits per heavy atom. The molecule has 650 valence electrons. The van der Waals surface area contributed by atoms with Crippen molar-refractivity contribution in [3.8, 4) is 0 Å². The molecule has 0 aliphatic heterocycles. The highest BCUT2D eigenvalue weighted by atomic mass is 31.2. The lowest BCUT2D eigenvalue weighted by atomic mass is 9.44. The minimum Gasteiger partial charge on any atom is -0.854 e. The van der Waals surface area contributed by atoms with Crippen molar-refractivity contribution >= 4 is 26.3 Å². The lowest BCUT2D eigenvalue weighted by Crippen LogP contribution is -2.53. The fourth-order valence-corrected chi connectivity index (χ4v) is 29.3. The van der Waals surface area contributed by atoms with Crippen LogP contribution in [0.15, 0.2) is 0 Å². The summed E-state index contributed by atoms with van der Waals surface area (Å²) in [7, 11) is 16.3. The molecule has 12 aliphatic carbocycles. The van der Waals surface area contributed by atoms with Crippen LogP contribution in [-0.4, -0.2) is 174 Å². The summed E-state index contributed by atoms with van der Waals surface area (Å²) in [5.41, 5.74) is 3.46. The molecule has 12 aliphatic rings. The van der Waals surface area contributed by atoms with Crippen LogP contribution < -0.4 is 30.6 Å². The first-order valence-electron chi connectivity index (χ1n) is 47.6. The predicted molar refractivity (Wildman–Crippen MR) is 456 cm³/mol. The smallest absolute Gasteiger partial charge is 0.220 e. The number of amides is 3. The highest BCUT2D eigenvalue weighted by Crippen LogP contribution is 2.72. The summed E-state index contributed by atoms with van der Waals surface area (Å²) in [4.78, 5) is 63.1. The van der Waals surface area contributed by atoms with Gasteiger partial charge in [0.25, 0.3) is 0 Å². The maximum absolute atomic E-state index is 12.5. The first-order valence-corrected chi connectivity index (χ1v) is 48.7. The molecule has 15 nitrogen and oxygen atoms in total. The van der Waals surface area contributed by atoms with Crippen LogP contribution in [-0.2, 0) is 28.6 Å². The van der Waals surface area contributed by atoms with Crippen LogP contribution in [0.2, 0.25) is 0 Å². The molecule has 0 aromatic rings. The van der Waals surface area contributed by atoms with Crippen molar-refractivity contribution in [1.29, 1.82) is 0 Å². The first kappa shape index (κ1) is 94.3. The lowest BCUT2D eigenvalue weighted by molar-refractivity contribution is -0.870. The largest absolute Gasteiger partial charge is 0.854 e. The normalized spacial score (nSPS) is 38.0. The third-order valence-electron chi connectivity index (χ3n) is 35.6. The third kappa shape index (κ3) is 24.4. The van der Waals surface area contributed by atoms with E-state index in [-0.39, 0.29) is 17.7 Å². The third-order valence-corrected chi connectivity index (χ3v) is 35.6. The van der Waals surface area contributed by atoms with Gasteiger partial charge in [0.05, 0.1) is 83.2 Å². The molecule has 3 amide bonds. The maximum atomic E-state index is 12.5. The predicted octanol–water partition coefficient (Wildman–Crippen LogP) is 17.3. The van der Waals surface area contributed by atoms with E-state index in [1.807, 2.05) is 0 Å². The number of nitrogens with one attached hydrogen (secondary N) is 3. The van der Waals surface area contributed by atoms with E-state index >= 15 is 0 Å². The second kappa shape index (κ2) is 41.8. The minimum absolute atomic E-state index is 0.236. The second-order valence-corrected chi connectivity index (χ2v) is 45.6. The Morgan fingerprint density at radius 1 is 0.339 bits per heavy atom. The van der Waals surface area contributed by atoms with Crippen molar-refractivity contribution in [1.82, 2.24) is 16.0 Å². The molecule has 24 atom stereocenters. The van der Waals surface area contributed by atoms with Crippen LogP contribution in [0.3, 0.4) is 0 Å². The molecule has 12 unspecified atom stereocenters. The van der Waals surface area contributed by atoms with Gasteiger partial charge < -0.3 is 66.9 Å². The number of quaternary nitrogens is 3. The molecule has 0 saturated heterocycles. The zero-order valence-electron chi connectivity index (χ0n) is 75.9. The zero-order chi connectivity index (χ0) is 81.5. The maximum Gasteiger partial charge on any atom is 0.220 e. The Labute approximate surface area is 689 Å². The molecule has 0 radical (unpaired) electrons. The molecule has 0 heterocycles. The van der Waals surface area contributed by atoms with Crippen molar-refractivity contribution < 1.29 is 56.7 Å². The van der Waals surface area contributed by atoms with E-state index in [9.17, 15) is 14.4 Å². The fraction of sp³-hybridized carbons (Fsp3) is 0.969. The van der Waals surface area contributed by atoms with Crippen LogP contribution in [0.4, 0.5) is 0 Å². The van der Waals surface area contributed by atoms with Gasteiger partial charge in [-0.1, -0.05) is 101 Å². The van der Waals surface area contributed by atoms with Crippen LogP contribution in [0.1, 0.15) is 313 Å². The Hall–Kier alpha value is -1.52. The van der Waals surface area contributed by atoms with E-state index in [0.717, 1.165) is 220 Å². The van der Waals surface area contributed by atoms with Crippen molar-refractivity contribution in [2.45, 2.75) is 313 Å². The molecular weight excluding hydrogens is 1410 g/mol. The summed E-state index contributed by atoms with van der Waals surface area (Å²) >= 11 is 0. The van der Waals surface area contributed by atoms with Gasteiger partial charge in [0.1, 0.15) is 19.6 Å². The molecule has 0 bridgehead atoms. The van der Waals surface area contributed by atoms with Gasteiger partial charge >= 0.3 is 0 Å². The Kier molecular flexibility index (Phi) is 35.2. The number of nitrogens with zero attached hydrogens (tertiary/aromatic N) is 3. The Morgan fingerprint density at radius 2 is 0.589 bits per heavy atom. The number of likely N-dealkylation sites (N-methyl/N-ethyl adjacent to an activating group) is 3. The van der Waals surface area contributed by atoms with Gasteiger partial charge in [-0.25, -0.2) is 0 Å². The Balaban J connectivity index is 0.000000188. The molecule has 12 saturated carbocycles. The zero-order valence-corrected chi connectivity index (χ0v) is 76.8. The van der Waals surface area contributed by atoms with E-state index < -0.39 is 8.60 Å². The monoisotopic (exact) mass is 1590 g/mol. The molecule has 12 fully saturated rings. The SMILES string of the molecule is C[C@H](CCC(=O)NCCCOCC[N+](C)(C)C)[C@H]1CCC2C3CCC4CCCC[C@]4(C)C3CC[C@@]21C.C[C@H](CCC(=O)NCCCOCC[N+](C)(C)C)[C@H]1CCC2C3CCC4CCCC[C@]4(C)C3CC[C@@]21C.C[C@H](CCC(=O)NCCCOCC[N+](C)(C)C)[C@H]1CCC2C3CCC4CCCC[C@]4(C)C3CC[C@@]21C.[O-]P([O-])[O-]. The quantitative estimate of drug-likeness (QED) is 0.0327. The van der Waals surface area contributed by atoms with E-state index in [0.29, 0.717) is 69.5 Å². The van der Waals surface area contributed by atoms with Crippen molar-refractivity contribution in [3.63, 3.8) is 0 Å². The molecule has 0 spiro atoms. The lowest BCUT2D eigenvalue weighted by Gasteiger charge is -2.61. The first-order chi connectivity index (χ1) is 52.9. The molecule has 0 aromatic carbocycles. The second-order valence-electron chi connectivity index (χ2n) is 45.2. The molecule has 12 rings (SSSR count). The van der Waals surface area contributed by atoms with Crippen LogP contribution in [0.5, 0.6) is 0 Å². The average Bonchev–Trinajstić information content (AvgIpc) is 1.42. The number of hydrogen-bond acceptors (Lipinski definition) is 9. The summed E-state index contributed by atoms with van der Waals surface area (Å²) < 4.78 is 20.0. The molecule has 3 N–H and O–H groups in total. The summed E-state index contributed by atoms with van der Waals surface area (Å²) in [5, 5.41) is 9.44. The van der Waals surface area contributed by atoms with Crippen LogP contribution >= 0.6 is 8.60 Å². The summed E-state index contributed by atoms with van der Waals surface area (Å²) in [6, 6.07) is 0. The van der Waals surface area contributed by atoms with Gasteiger partial charge in [-0.15, -0.1) is 0 Å². The summed E-state index contributed by atoms with van der Waals surface area (Å²) in [5.74, 6) is 16.9. The van der Waals surface area contributed by atoms with E-state index in [4.69, 9.17) is 28.9 Å². The molecular formula is C96H177N6O9P. The van der Waals surface area contributed by atoms with Crippen LogP contribution in [0.25, 0.3) is 0 Å². The standard InChI is InChI=1S/3C32H58N2O2.O3P/c3*1-24(11-16-30(35)33-20-9-22-36-23-21-34(4,5)6)27-14-15-28-26-13-12-25-10-7-8-18-31(25,2)29(26)17-19-32(27,28)3;1-4(2)3/h3*24-29H,7-23H2,1-6H3;/q;;;-3/p+3/t3*24-,25?,26?,27-,28?,29?,31+,32-;/m111./s1. The molecule has 112 heavy (non-hydrogen) atoms. The number of ether oxygens (including phenoxy) is 3. The van der Waals surface area contributed by atoms with Gasteiger partial charge in [0.2, 0.25) is 17.7 Å². The number of rotatable bonds is 33. The van der Waals surface area contributed by atoms with Crippen LogP contribution in [0, 0.1) is 139 Å². The van der Waals surface area contributed by atoms with Crippen molar-refractivity contribution in [2.24, 2.45) is 139 Å². The van der Waals surface area contributed by atoms with Gasteiger partial charge in [-0.05, 0) is 332 Å².